The van der Waals surface area contributed by atoms with Crippen LogP contribution in [0.1, 0.15) is 54.1 Å². The Hall–Kier alpha value is -3.87. The summed E-state index contributed by atoms with van der Waals surface area (Å²) >= 11 is 0. The van der Waals surface area contributed by atoms with Crippen molar-refractivity contribution in [2.75, 3.05) is 7.11 Å². The molecule has 0 amide bonds. The molecule has 7 heteroatoms. The molecule has 34 heavy (non-hydrogen) atoms. The zero-order valence-corrected chi connectivity index (χ0v) is 19.4. The molecule has 2 N–H and O–H groups in total. The SMILES string of the molecule is COC(=O)c1ccc(C2C(C(=O)OCc3ccccc3)=C(N)OC3=C2C(=O)CC(C)(C)C3)cc1. The largest absolute Gasteiger partial charge is 0.465 e. The van der Waals surface area contributed by atoms with Gasteiger partial charge in [-0.2, -0.15) is 0 Å². The highest BCUT2D eigenvalue weighted by Crippen LogP contribution is 2.48. The number of hydrogen-bond donors (Lipinski definition) is 1. The molecule has 2 aliphatic rings. The van der Waals surface area contributed by atoms with Gasteiger partial charge in [0, 0.05) is 18.4 Å². The quantitative estimate of drug-likeness (QED) is 0.667. The van der Waals surface area contributed by atoms with Crippen molar-refractivity contribution in [1.82, 2.24) is 0 Å². The second kappa shape index (κ2) is 9.17. The molecular formula is C27H27NO6. The number of carbonyl (C=O) groups excluding carboxylic acids is 3. The molecule has 0 fully saturated rings. The van der Waals surface area contributed by atoms with Gasteiger partial charge in [-0.15, -0.1) is 0 Å². The summed E-state index contributed by atoms with van der Waals surface area (Å²) in [5.74, 6) is -1.61. The molecule has 2 aromatic rings. The Balaban J connectivity index is 1.74. The fourth-order valence-electron chi connectivity index (χ4n) is 4.45. The van der Waals surface area contributed by atoms with Gasteiger partial charge in [-0.3, -0.25) is 4.79 Å². The van der Waals surface area contributed by atoms with Crippen LogP contribution in [0.25, 0.3) is 0 Å². The van der Waals surface area contributed by atoms with Crippen LogP contribution in [0.4, 0.5) is 0 Å². The summed E-state index contributed by atoms with van der Waals surface area (Å²) in [6, 6.07) is 15.8. The zero-order chi connectivity index (χ0) is 24.5. The van der Waals surface area contributed by atoms with Crippen molar-refractivity contribution in [3.63, 3.8) is 0 Å². The van der Waals surface area contributed by atoms with Crippen LogP contribution in [-0.4, -0.2) is 24.8 Å². The predicted molar refractivity (Wildman–Crippen MR) is 124 cm³/mol. The van der Waals surface area contributed by atoms with Crippen LogP contribution in [0, 0.1) is 5.41 Å². The number of carbonyl (C=O) groups is 3. The number of methoxy groups -OCH3 is 1. The van der Waals surface area contributed by atoms with Gasteiger partial charge in [-0.1, -0.05) is 56.3 Å². The van der Waals surface area contributed by atoms with Gasteiger partial charge in [0.25, 0.3) is 0 Å². The normalized spacial score (nSPS) is 19.3. The summed E-state index contributed by atoms with van der Waals surface area (Å²) in [7, 11) is 1.30. The number of benzene rings is 2. The maximum Gasteiger partial charge on any atom is 0.340 e. The average molecular weight is 462 g/mol. The highest BCUT2D eigenvalue weighted by atomic mass is 16.5. The van der Waals surface area contributed by atoms with Crippen molar-refractivity contribution in [3.05, 3.63) is 94.1 Å². The van der Waals surface area contributed by atoms with Crippen LogP contribution < -0.4 is 5.73 Å². The summed E-state index contributed by atoms with van der Waals surface area (Å²) in [6.07, 6.45) is 0.829. The van der Waals surface area contributed by atoms with E-state index in [9.17, 15) is 14.4 Å². The lowest BCUT2D eigenvalue weighted by Crippen LogP contribution is -2.35. The highest BCUT2D eigenvalue weighted by Gasteiger charge is 2.45. The number of rotatable bonds is 5. The van der Waals surface area contributed by atoms with Crippen molar-refractivity contribution in [2.24, 2.45) is 11.1 Å². The fourth-order valence-corrected chi connectivity index (χ4v) is 4.45. The number of esters is 2. The standard InChI is InChI=1S/C27H27NO6/c1-27(2)13-19(29)22-20(14-27)34-24(28)23(26(31)33-15-16-7-5-4-6-8-16)21(22)17-9-11-18(12-10-17)25(30)32-3/h4-12,21H,13-15,28H2,1-3H3. The molecule has 0 bridgehead atoms. The summed E-state index contributed by atoms with van der Waals surface area (Å²) in [5.41, 5.74) is 8.26. The first-order valence-corrected chi connectivity index (χ1v) is 11.0. The third kappa shape index (κ3) is 4.59. The van der Waals surface area contributed by atoms with E-state index < -0.39 is 17.9 Å². The van der Waals surface area contributed by atoms with Crippen LogP contribution in [-0.2, 0) is 30.4 Å². The van der Waals surface area contributed by atoms with E-state index in [-0.39, 0.29) is 29.3 Å². The van der Waals surface area contributed by atoms with E-state index in [1.807, 2.05) is 44.2 Å². The smallest absolute Gasteiger partial charge is 0.340 e. The number of ether oxygens (including phenoxy) is 3. The molecule has 0 aromatic heterocycles. The third-order valence-corrected chi connectivity index (χ3v) is 6.05. The first kappa shape index (κ1) is 23.3. The second-order valence-electron chi connectivity index (χ2n) is 9.27. The van der Waals surface area contributed by atoms with Gasteiger partial charge in [-0.25, -0.2) is 9.59 Å². The van der Waals surface area contributed by atoms with E-state index in [2.05, 4.69) is 0 Å². The fraction of sp³-hybridized carbons (Fsp3) is 0.296. The molecule has 1 atom stereocenters. The molecule has 2 aromatic carbocycles. The molecule has 1 aliphatic heterocycles. The number of Topliss-reactive ketones (excluding diaryl/α,β-unsaturated/α-hetero) is 1. The van der Waals surface area contributed by atoms with Crippen molar-refractivity contribution < 1.29 is 28.6 Å². The Morgan fingerprint density at radius 2 is 1.71 bits per heavy atom. The summed E-state index contributed by atoms with van der Waals surface area (Å²) < 4.78 is 16.2. The van der Waals surface area contributed by atoms with Gasteiger partial charge in [0.2, 0.25) is 5.88 Å². The van der Waals surface area contributed by atoms with Gasteiger partial charge in [0.15, 0.2) is 5.78 Å². The van der Waals surface area contributed by atoms with Crippen LogP contribution in [0.3, 0.4) is 0 Å². The topological polar surface area (TPSA) is 105 Å². The molecule has 1 heterocycles. The minimum atomic E-state index is -0.762. The first-order chi connectivity index (χ1) is 16.2. The monoisotopic (exact) mass is 461 g/mol. The zero-order valence-electron chi connectivity index (χ0n) is 19.4. The maximum absolute atomic E-state index is 13.3. The van der Waals surface area contributed by atoms with E-state index in [1.165, 1.54) is 7.11 Å². The lowest BCUT2D eigenvalue weighted by atomic mass is 9.70. The molecule has 0 spiro atoms. The number of ketones is 1. The summed E-state index contributed by atoms with van der Waals surface area (Å²) in [6.45, 7) is 4.03. The minimum absolute atomic E-state index is 0.0529. The van der Waals surface area contributed by atoms with Crippen molar-refractivity contribution in [1.29, 1.82) is 0 Å². The van der Waals surface area contributed by atoms with E-state index >= 15 is 0 Å². The first-order valence-electron chi connectivity index (χ1n) is 11.0. The Morgan fingerprint density at radius 3 is 2.35 bits per heavy atom. The minimum Gasteiger partial charge on any atom is -0.465 e. The van der Waals surface area contributed by atoms with E-state index in [1.54, 1.807) is 24.3 Å². The van der Waals surface area contributed by atoms with Crippen LogP contribution >= 0.6 is 0 Å². The molecule has 0 saturated carbocycles. The molecule has 1 aliphatic carbocycles. The molecule has 1 unspecified atom stereocenters. The Kier molecular flexibility index (Phi) is 6.28. The van der Waals surface area contributed by atoms with E-state index in [0.717, 1.165) is 5.56 Å². The Morgan fingerprint density at radius 1 is 1.03 bits per heavy atom. The Bertz CT molecular complexity index is 1190. The van der Waals surface area contributed by atoms with E-state index in [4.69, 9.17) is 19.9 Å². The van der Waals surface area contributed by atoms with Crippen LogP contribution in [0.5, 0.6) is 0 Å². The van der Waals surface area contributed by atoms with Crippen molar-refractivity contribution >= 4 is 17.7 Å². The molecule has 0 radical (unpaired) electrons. The van der Waals surface area contributed by atoms with Gasteiger partial charge < -0.3 is 19.9 Å². The summed E-state index contributed by atoms with van der Waals surface area (Å²) in [5, 5.41) is 0. The van der Waals surface area contributed by atoms with Gasteiger partial charge in [-0.05, 0) is 28.7 Å². The predicted octanol–water partition coefficient (Wildman–Crippen LogP) is 4.14. The lowest BCUT2D eigenvalue weighted by molar-refractivity contribution is -0.141. The number of allylic oxidation sites excluding steroid dienone is 2. The van der Waals surface area contributed by atoms with E-state index in [0.29, 0.717) is 35.3 Å². The van der Waals surface area contributed by atoms with Gasteiger partial charge >= 0.3 is 11.9 Å². The molecule has 0 saturated heterocycles. The molecular weight excluding hydrogens is 434 g/mol. The van der Waals surface area contributed by atoms with Crippen molar-refractivity contribution in [2.45, 2.75) is 39.2 Å². The average Bonchev–Trinajstić information content (AvgIpc) is 2.81. The molecule has 176 valence electrons. The Labute approximate surface area is 198 Å². The second-order valence-corrected chi connectivity index (χ2v) is 9.27. The van der Waals surface area contributed by atoms with Crippen molar-refractivity contribution in [3.8, 4) is 0 Å². The summed E-state index contributed by atoms with van der Waals surface area (Å²) in [4.78, 5) is 38.4. The van der Waals surface area contributed by atoms with Gasteiger partial charge in [0.1, 0.15) is 17.9 Å². The molecule has 7 nitrogen and oxygen atoms in total. The van der Waals surface area contributed by atoms with Gasteiger partial charge in [0.05, 0.1) is 18.6 Å². The maximum atomic E-state index is 13.3. The lowest BCUT2D eigenvalue weighted by Gasteiger charge is -2.38. The third-order valence-electron chi connectivity index (χ3n) is 6.05. The van der Waals surface area contributed by atoms with Crippen LogP contribution in [0.2, 0.25) is 0 Å². The van der Waals surface area contributed by atoms with Crippen LogP contribution in [0.15, 0.2) is 77.4 Å². The number of nitrogens with two attached hydrogens (primary N) is 1. The molecule has 4 rings (SSSR count). The highest BCUT2D eigenvalue weighted by molar-refractivity contribution is 6.03. The number of hydrogen-bond acceptors (Lipinski definition) is 7.